The number of anilines is 1. The number of hydrogen-bond donors (Lipinski definition) is 1. The smallest absolute Gasteiger partial charge is 0.318 e. The standard InChI is InChI=1S/C13H13BrF3NO2/c1-2-3-10(14)11(19)8-4-6-9(7-5-8)18-12(20)13(15,16)17/h4-7,10H,2-3H2,1H3,(H,18,20). The van der Waals surface area contributed by atoms with Gasteiger partial charge in [-0.3, -0.25) is 9.59 Å². The molecule has 1 amide bonds. The highest BCUT2D eigenvalue weighted by molar-refractivity contribution is 9.10. The van der Waals surface area contributed by atoms with E-state index in [9.17, 15) is 22.8 Å². The molecular formula is C13H13BrF3NO2. The van der Waals surface area contributed by atoms with Gasteiger partial charge in [0.05, 0.1) is 4.83 Å². The summed E-state index contributed by atoms with van der Waals surface area (Å²) in [5.41, 5.74) is 0.371. The average molecular weight is 352 g/mol. The van der Waals surface area contributed by atoms with Crippen molar-refractivity contribution >= 4 is 33.3 Å². The lowest BCUT2D eigenvalue weighted by Crippen LogP contribution is -2.29. The van der Waals surface area contributed by atoms with Gasteiger partial charge in [0.15, 0.2) is 5.78 Å². The van der Waals surface area contributed by atoms with Crippen LogP contribution in [0.3, 0.4) is 0 Å². The van der Waals surface area contributed by atoms with Crippen molar-refractivity contribution in [2.45, 2.75) is 30.8 Å². The fraction of sp³-hybridized carbons (Fsp3) is 0.385. The Morgan fingerprint density at radius 1 is 1.25 bits per heavy atom. The van der Waals surface area contributed by atoms with E-state index in [0.717, 1.165) is 6.42 Å². The lowest BCUT2D eigenvalue weighted by molar-refractivity contribution is -0.167. The van der Waals surface area contributed by atoms with E-state index in [4.69, 9.17) is 0 Å². The normalized spacial score (nSPS) is 12.8. The van der Waals surface area contributed by atoms with Crippen LogP contribution in [0.5, 0.6) is 0 Å². The summed E-state index contributed by atoms with van der Waals surface area (Å²) in [6.07, 6.45) is -3.43. The molecule has 0 spiro atoms. The molecule has 0 saturated heterocycles. The van der Waals surface area contributed by atoms with E-state index >= 15 is 0 Å². The highest BCUT2D eigenvalue weighted by Crippen LogP contribution is 2.20. The molecule has 7 heteroatoms. The van der Waals surface area contributed by atoms with Crippen LogP contribution in [0, 0.1) is 0 Å². The van der Waals surface area contributed by atoms with Crippen molar-refractivity contribution in [2.24, 2.45) is 0 Å². The Balaban J connectivity index is 2.74. The van der Waals surface area contributed by atoms with Crippen LogP contribution in [-0.4, -0.2) is 22.7 Å². The Bertz CT molecular complexity index is 485. The van der Waals surface area contributed by atoms with Crippen LogP contribution >= 0.6 is 15.9 Å². The molecule has 0 saturated carbocycles. The van der Waals surface area contributed by atoms with Crippen molar-refractivity contribution < 1.29 is 22.8 Å². The van der Waals surface area contributed by atoms with E-state index in [1.807, 2.05) is 6.92 Å². The Labute approximate surface area is 122 Å². The van der Waals surface area contributed by atoms with Crippen LogP contribution in [0.2, 0.25) is 0 Å². The molecule has 1 aromatic rings. The first kappa shape index (κ1) is 16.7. The van der Waals surface area contributed by atoms with Crippen molar-refractivity contribution in [1.29, 1.82) is 0 Å². The third-order valence-electron chi connectivity index (χ3n) is 2.51. The Morgan fingerprint density at radius 3 is 2.25 bits per heavy atom. The largest absolute Gasteiger partial charge is 0.471 e. The molecule has 0 radical (unpaired) electrons. The van der Waals surface area contributed by atoms with Crippen LogP contribution in [0.4, 0.5) is 18.9 Å². The summed E-state index contributed by atoms with van der Waals surface area (Å²) in [6, 6.07) is 5.31. The van der Waals surface area contributed by atoms with Gasteiger partial charge in [-0.15, -0.1) is 0 Å². The number of benzene rings is 1. The van der Waals surface area contributed by atoms with Crippen LogP contribution in [0.15, 0.2) is 24.3 Å². The molecule has 1 rings (SSSR count). The Hall–Kier alpha value is -1.37. The SMILES string of the molecule is CCCC(Br)C(=O)c1ccc(NC(=O)C(F)(F)F)cc1. The first-order valence-electron chi connectivity index (χ1n) is 5.92. The number of alkyl halides is 4. The maximum Gasteiger partial charge on any atom is 0.471 e. The minimum absolute atomic E-state index is 0.00881. The Kier molecular flexibility index (Phi) is 5.74. The van der Waals surface area contributed by atoms with E-state index < -0.39 is 12.1 Å². The number of halogens is 4. The van der Waals surface area contributed by atoms with Gasteiger partial charge in [0.1, 0.15) is 0 Å². The molecule has 20 heavy (non-hydrogen) atoms. The third-order valence-corrected chi connectivity index (χ3v) is 3.39. The summed E-state index contributed by atoms with van der Waals surface area (Å²) >= 11 is 3.26. The molecule has 1 aromatic carbocycles. The number of carbonyl (C=O) groups excluding carboxylic acids is 2. The lowest BCUT2D eigenvalue weighted by atomic mass is 10.1. The number of carbonyl (C=O) groups is 2. The predicted octanol–water partition coefficient (Wildman–Crippen LogP) is 3.93. The van der Waals surface area contributed by atoms with Crippen molar-refractivity contribution in [2.75, 3.05) is 5.32 Å². The van der Waals surface area contributed by atoms with Gasteiger partial charge in [0.2, 0.25) is 0 Å². The fourth-order valence-electron chi connectivity index (χ4n) is 1.49. The summed E-state index contributed by atoms with van der Waals surface area (Å²) in [6.45, 7) is 1.94. The van der Waals surface area contributed by atoms with Gasteiger partial charge in [-0.1, -0.05) is 29.3 Å². The number of rotatable bonds is 5. The summed E-state index contributed by atoms with van der Waals surface area (Å²) in [5.74, 6) is -2.18. The summed E-state index contributed by atoms with van der Waals surface area (Å²) in [4.78, 5) is 22.3. The number of ketones is 1. The highest BCUT2D eigenvalue weighted by Gasteiger charge is 2.38. The van der Waals surface area contributed by atoms with Gasteiger partial charge in [0.25, 0.3) is 0 Å². The van der Waals surface area contributed by atoms with E-state index in [0.29, 0.717) is 12.0 Å². The summed E-state index contributed by atoms with van der Waals surface area (Å²) in [5, 5.41) is 1.72. The van der Waals surface area contributed by atoms with Crippen LogP contribution in [0.25, 0.3) is 0 Å². The second-order valence-corrected chi connectivity index (χ2v) is 5.26. The van der Waals surface area contributed by atoms with Gasteiger partial charge in [-0.05, 0) is 30.7 Å². The quantitative estimate of drug-likeness (QED) is 0.645. The first-order chi connectivity index (χ1) is 9.25. The molecule has 0 bridgehead atoms. The Morgan fingerprint density at radius 2 is 1.80 bits per heavy atom. The zero-order valence-corrected chi connectivity index (χ0v) is 12.2. The zero-order valence-electron chi connectivity index (χ0n) is 10.6. The molecule has 1 unspecified atom stereocenters. The molecule has 3 nitrogen and oxygen atoms in total. The predicted molar refractivity (Wildman–Crippen MR) is 73.1 cm³/mol. The minimum atomic E-state index is -4.93. The van der Waals surface area contributed by atoms with E-state index in [-0.39, 0.29) is 16.3 Å². The van der Waals surface area contributed by atoms with Gasteiger partial charge in [0, 0.05) is 11.3 Å². The number of Topliss-reactive ketones (excluding diaryl/α,β-unsaturated/α-hetero) is 1. The number of nitrogens with one attached hydrogen (secondary N) is 1. The van der Waals surface area contributed by atoms with Gasteiger partial charge >= 0.3 is 12.1 Å². The molecule has 1 N–H and O–H groups in total. The third kappa shape index (κ3) is 4.63. The fourth-order valence-corrected chi connectivity index (χ4v) is 2.21. The lowest BCUT2D eigenvalue weighted by Gasteiger charge is -2.10. The van der Waals surface area contributed by atoms with Crippen molar-refractivity contribution in [3.05, 3.63) is 29.8 Å². The highest BCUT2D eigenvalue weighted by atomic mass is 79.9. The first-order valence-corrected chi connectivity index (χ1v) is 6.83. The molecule has 0 aromatic heterocycles. The zero-order chi connectivity index (χ0) is 15.3. The van der Waals surface area contributed by atoms with Crippen molar-refractivity contribution in [3.8, 4) is 0 Å². The summed E-state index contributed by atoms with van der Waals surface area (Å²) in [7, 11) is 0. The van der Waals surface area contributed by atoms with E-state index in [1.54, 1.807) is 5.32 Å². The molecule has 0 aliphatic rings. The molecule has 110 valence electrons. The molecule has 0 fully saturated rings. The number of amides is 1. The topological polar surface area (TPSA) is 46.2 Å². The van der Waals surface area contributed by atoms with Crippen LogP contribution in [-0.2, 0) is 4.79 Å². The van der Waals surface area contributed by atoms with Gasteiger partial charge in [-0.25, -0.2) is 0 Å². The maximum absolute atomic E-state index is 12.1. The average Bonchev–Trinajstić information content (AvgIpc) is 2.38. The van der Waals surface area contributed by atoms with Crippen molar-refractivity contribution in [1.82, 2.24) is 0 Å². The molecule has 0 heterocycles. The second kappa shape index (κ2) is 6.88. The van der Waals surface area contributed by atoms with Gasteiger partial charge < -0.3 is 5.32 Å². The van der Waals surface area contributed by atoms with Crippen LogP contribution < -0.4 is 5.32 Å². The molecule has 0 aliphatic carbocycles. The van der Waals surface area contributed by atoms with E-state index in [1.165, 1.54) is 24.3 Å². The molecule has 0 aliphatic heterocycles. The molecular weight excluding hydrogens is 339 g/mol. The van der Waals surface area contributed by atoms with Crippen LogP contribution in [0.1, 0.15) is 30.1 Å². The van der Waals surface area contributed by atoms with Crippen molar-refractivity contribution in [3.63, 3.8) is 0 Å². The number of hydrogen-bond acceptors (Lipinski definition) is 2. The van der Waals surface area contributed by atoms with Gasteiger partial charge in [-0.2, -0.15) is 13.2 Å². The maximum atomic E-state index is 12.1. The summed E-state index contributed by atoms with van der Waals surface area (Å²) < 4.78 is 36.2. The molecule has 1 atom stereocenters. The minimum Gasteiger partial charge on any atom is -0.318 e. The van der Waals surface area contributed by atoms with E-state index in [2.05, 4.69) is 15.9 Å². The second-order valence-electron chi connectivity index (χ2n) is 4.15. The monoisotopic (exact) mass is 351 g/mol.